The first-order chi connectivity index (χ1) is 6.13. The molecule has 0 saturated heterocycles. The maximum atomic E-state index is 8.30. The second-order valence-corrected chi connectivity index (χ2v) is 2.77. The highest BCUT2D eigenvalue weighted by atomic mass is 16.4. The predicted molar refractivity (Wildman–Crippen MR) is 47.5 cm³/mol. The first-order valence-electron chi connectivity index (χ1n) is 3.98. The van der Waals surface area contributed by atoms with Gasteiger partial charge in [0.05, 0.1) is 6.54 Å². The first-order valence-corrected chi connectivity index (χ1v) is 3.98. The van der Waals surface area contributed by atoms with Crippen molar-refractivity contribution in [3.05, 3.63) is 11.6 Å². The summed E-state index contributed by atoms with van der Waals surface area (Å²) in [4.78, 5) is 4.12. The molecule has 0 unspecified atom stereocenters. The van der Waals surface area contributed by atoms with Crippen molar-refractivity contribution in [2.75, 3.05) is 0 Å². The fourth-order valence-corrected chi connectivity index (χ4v) is 1.04. The van der Waals surface area contributed by atoms with Crippen LogP contribution in [0.2, 0.25) is 0 Å². The molecule has 0 radical (unpaired) electrons. The quantitative estimate of drug-likeness (QED) is 0.299. The zero-order valence-electron chi connectivity index (χ0n) is 7.73. The second kappa shape index (κ2) is 3.88. The topological polar surface area (TPSA) is 89.3 Å². The molecule has 0 atom stereocenters. The monoisotopic (exact) mass is 183 g/mol. The fourth-order valence-electron chi connectivity index (χ4n) is 1.04. The third-order valence-corrected chi connectivity index (χ3v) is 1.67. The molecule has 0 aromatic carbocycles. The summed E-state index contributed by atoms with van der Waals surface area (Å²) in [7, 11) is 0. The Morgan fingerprint density at radius 1 is 1.62 bits per heavy atom. The lowest BCUT2D eigenvalue weighted by molar-refractivity contribution is 0.316. The minimum absolute atomic E-state index is 0.201. The third kappa shape index (κ3) is 2.43. The summed E-state index contributed by atoms with van der Waals surface area (Å²) in [6.07, 6.45) is 0.472. The number of rotatable bonds is 3. The van der Waals surface area contributed by atoms with Crippen LogP contribution in [0.3, 0.4) is 0 Å². The van der Waals surface area contributed by atoms with E-state index in [-0.39, 0.29) is 5.84 Å². The van der Waals surface area contributed by atoms with Crippen molar-refractivity contribution in [1.82, 2.24) is 14.8 Å². The van der Waals surface area contributed by atoms with Gasteiger partial charge in [-0.05, 0) is 13.8 Å². The summed E-state index contributed by atoms with van der Waals surface area (Å²) < 4.78 is 1.73. The van der Waals surface area contributed by atoms with Crippen molar-refractivity contribution in [2.45, 2.75) is 26.8 Å². The van der Waals surface area contributed by atoms with Gasteiger partial charge in [-0.25, -0.2) is 9.67 Å². The molecule has 0 saturated carbocycles. The molecule has 1 heterocycles. The van der Waals surface area contributed by atoms with Crippen LogP contribution in [-0.4, -0.2) is 25.8 Å². The summed E-state index contributed by atoms with van der Waals surface area (Å²) in [5.74, 6) is 1.77. The molecule has 1 rings (SSSR count). The van der Waals surface area contributed by atoms with E-state index >= 15 is 0 Å². The van der Waals surface area contributed by atoms with Gasteiger partial charge >= 0.3 is 0 Å². The van der Waals surface area contributed by atoms with Crippen molar-refractivity contribution in [2.24, 2.45) is 10.9 Å². The lowest BCUT2D eigenvalue weighted by Crippen LogP contribution is -2.15. The van der Waals surface area contributed by atoms with E-state index in [0.717, 1.165) is 11.6 Å². The summed E-state index contributed by atoms with van der Waals surface area (Å²) in [5, 5.41) is 15.3. The van der Waals surface area contributed by atoms with Crippen molar-refractivity contribution < 1.29 is 5.21 Å². The van der Waals surface area contributed by atoms with Crippen LogP contribution in [0.15, 0.2) is 5.16 Å². The number of amidine groups is 1. The zero-order valence-corrected chi connectivity index (χ0v) is 7.73. The maximum absolute atomic E-state index is 8.30. The van der Waals surface area contributed by atoms with Crippen molar-refractivity contribution in [1.29, 1.82) is 0 Å². The van der Waals surface area contributed by atoms with Gasteiger partial charge in [-0.15, -0.1) is 0 Å². The van der Waals surface area contributed by atoms with Crippen molar-refractivity contribution in [3.63, 3.8) is 0 Å². The summed E-state index contributed by atoms with van der Waals surface area (Å²) >= 11 is 0. The van der Waals surface area contributed by atoms with Crippen LogP contribution in [0.4, 0.5) is 0 Å². The maximum Gasteiger partial charge on any atom is 0.147 e. The number of oxime groups is 1. The number of nitrogens with zero attached hydrogens (tertiary/aromatic N) is 4. The van der Waals surface area contributed by atoms with Gasteiger partial charge in [0, 0.05) is 6.42 Å². The molecule has 1 aromatic heterocycles. The number of nitrogens with two attached hydrogens (primary N) is 1. The molecule has 0 aliphatic rings. The Morgan fingerprint density at radius 3 is 2.77 bits per heavy atom. The van der Waals surface area contributed by atoms with Crippen LogP contribution in [0.25, 0.3) is 0 Å². The van der Waals surface area contributed by atoms with E-state index in [4.69, 9.17) is 10.9 Å². The molecule has 6 heteroatoms. The molecule has 13 heavy (non-hydrogen) atoms. The van der Waals surface area contributed by atoms with E-state index in [0.29, 0.717) is 13.0 Å². The lowest BCUT2D eigenvalue weighted by atomic mass is 10.4. The molecule has 1 aromatic rings. The summed E-state index contributed by atoms with van der Waals surface area (Å²) in [6, 6.07) is 0. The van der Waals surface area contributed by atoms with Crippen molar-refractivity contribution in [3.8, 4) is 0 Å². The summed E-state index contributed by atoms with van der Waals surface area (Å²) in [6.45, 7) is 4.28. The Morgan fingerprint density at radius 2 is 2.31 bits per heavy atom. The minimum Gasteiger partial charge on any atom is -0.409 e. The largest absolute Gasteiger partial charge is 0.409 e. The second-order valence-electron chi connectivity index (χ2n) is 2.77. The van der Waals surface area contributed by atoms with Gasteiger partial charge in [-0.1, -0.05) is 5.16 Å². The zero-order chi connectivity index (χ0) is 9.84. The smallest absolute Gasteiger partial charge is 0.147 e. The van der Waals surface area contributed by atoms with Gasteiger partial charge < -0.3 is 10.9 Å². The normalized spacial score (nSPS) is 12.0. The lowest BCUT2D eigenvalue weighted by Gasteiger charge is -2.00. The molecule has 0 spiro atoms. The van der Waals surface area contributed by atoms with Gasteiger partial charge in [0.1, 0.15) is 17.5 Å². The molecular formula is C7H13N5O. The summed E-state index contributed by atoms with van der Waals surface area (Å²) in [5.41, 5.74) is 5.32. The number of hydrogen-bond donors (Lipinski definition) is 2. The van der Waals surface area contributed by atoms with Gasteiger partial charge in [-0.3, -0.25) is 0 Å². The van der Waals surface area contributed by atoms with E-state index in [1.165, 1.54) is 0 Å². The number of aryl methyl sites for hydroxylation is 3. The van der Waals surface area contributed by atoms with Gasteiger partial charge in [0.25, 0.3) is 0 Å². The Bertz CT molecular complexity index is 317. The standard InChI is InChI=1S/C7H13N5O/c1-5-9-6(2)12(10-5)4-3-7(8)11-13/h13H,3-4H2,1-2H3,(H2,8,11). The van der Waals surface area contributed by atoms with Crippen LogP contribution in [0.5, 0.6) is 0 Å². The predicted octanol–water partition coefficient (Wildman–Crippen LogP) is 0.0314. The third-order valence-electron chi connectivity index (χ3n) is 1.67. The molecule has 6 nitrogen and oxygen atoms in total. The van der Waals surface area contributed by atoms with Crippen molar-refractivity contribution >= 4 is 5.84 Å². The Kier molecular flexibility index (Phi) is 2.84. The Labute approximate surface area is 76.1 Å². The van der Waals surface area contributed by atoms with E-state index in [1.54, 1.807) is 4.68 Å². The fraction of sp³-hybridized carbons (Fsp3) is 0.571. The average molecular weight is 183 g/mol. The van der Waals surface area contributed by atoms with E-state index in [9.17, 15) is 0 Å². The van der Waals surface area contributed by atoms with E-state index in [1.807, 2.05) is 13.8 Å². The molecule has 0 fully saturated rings. The molecule has 3 N–H and O–H groups in total. The first kappa shape index (κ1) is 9.50. The molecule has 0 aliphatic heterocycles. The molecule has 0 aliphatic carbocycles. The Hall–Kier alpha value is -1.59. The van der Waals surface area contributed by atoms with Crippen LogP contribution < -0.4 is 5.73 Å². The highest BCUT2D eigenvalue weighted by molar-refractivity contribution is 5.79. The highest BCUT2D eigenvalue weighted by Crippen LogP contribution is 1.97. The van der Waals surface area contributed by atoms with Crippen LogP contribution in [-0.2, 0) is 6.54 Å². The van der Waals surface area contributed by atoms with Gasteiger partial charge in [0.2, 0.25) is 0 Å². The molecule has 0 amide bonds. The minimum atomic E-state index is 0.201. The van der Waals surface area contributed by atoms with E-state index < -0.39 is 0 Å². The van der Waals surface area contributed by atoms with Crippen LogP contribution in [0, 0.1) is 13.8 Å². The van der Waals surface area contributed by atoms with Gasteiger partial charge in [-0.2, -0.15) is 5.10 Å². The van der Waals surface area contributed by atoms with E-state index in [2.05, 4.69) is 15.2 Å². The SMILES string of the molecule is Cc1nc(C)n(CCC(N)=NO)n1. The molecular weight excluding hydrogens is 170 g/mol. The molecule has 72 valence electrons. The van der Waals surface area contributed by atoms with Crippen LogP contribution in [0.1, 0.15) is 18.1 Å². The van der Waals surface area contributed by atoms with Crippen LogP contribution >= 0.6 is 0 Å². The molecule has 0 bridgehead atoms. The highest BCUT2D eigenvalue weighted by Gasteiger charge is 2.02. The average Bonchev–Trinajstić information content (AvgIpc) is 2.41. The van der Waals surface area contributed by atoms with Gasteiger partial charge in [0.15, 0.2) is 0 Å². The Balaban J connectivity index is 2.59. The number of hydrogen-bond acceptors (Lipinski definition) is 4. The number of aromatic nitrogens is 3.